The normalized spacial score (nSPS) is 15.4. The smallest absolute Gasteiger partial charge is 0.319 e. The second kappa shape index (κ2) is 11.8. The van der Waals surface area contributed by atoms with Gasteiger partial charge in [-0.1, -0.05) is 29.3 Å². The number of rotatable bonds is 9. The molecule has 31 heavy (non-hydrogen) atoms. The van der Waals surface area contributed by atoms with Crippen LogP contribution in [0.15, 0.2) is 42.5 Å². The van der Waals surface area contributed by atoms with Gasteiger partial charge in [-0.2, -0.15) is 0 Å². The van der Waals surface area contributed by atoms with Gasteiger partial charge in [0.1, 0.15) is 10.8 Å². The predicted octanol–water partition coefficient (Wildman–Crippen LogP) is 5.09. The number of ether oxygens (including phenoxy) is 2. The monoisotopic (exact) mass is 465 g/mol. The molecule has 0 radical (unpaired) electrons. The highest BCUT2D eigenvalue weighted by Crippen LogP contribution is 2.31. The molecule has 166 valence electrons. The third kappa shape index (κ3) is 7.61. The molecule has 3 N–H and O–H groups in total. The van der Waals surface area contributed by atoms with Gasteiger partial charge in [-0.05, 0) is 55.7 Å². The van der Waals surface area contributed by atoms with E-state index in [9.17, 15) is 9.59 Å². The topological polar surface area (TPSA) is 88.7 Å². The van der Waals surface area contributed by atoms with Crippen LogP contribution in [0.3, 0.4) is 0 Å². The number of urea groups is 1. The minimum Gasteiger partial charge on any atom is -0.492 e. The van der Waals surface area contributed by atoms with Gasteiger partial charge in [-0.3, -0.25) is 4.79 Å². The first-order valence-corrected chi connectivity index (χ1v) is 10.9. The molecule has 1 aliphatic heterocycles. The number of carbonyl (C=O) groups excluding carboxylic acids is 2. The summed E-state index contributed by atoms with van der Waals surface area (Å²) in [4.78, 5) is 24.1. The zero-order chi connectivity index (χ0) is 22.1. The molecule has 1 heterocycles. The van der Waals surface area contributed by atoms with Gasteiger partial charge in [0.15, 0.2) is 0 Å². The Morgan fingerprint density at radius 3 is 2.52 bits per heavy atom. The molecule has 0 spiro atoms. The first kappa shape index (κ1) is 23.2. The molecule has 1 saturated heterocycles. The molecule has 0 bridgehead atoms. The Kier molecular flexibility index (Phi) is 8.82. The van der Waals surface area contributed by atoms with E-state index in [1.807, 2.05) is 0 Å². The second-order valence-electron chi connectivity index (χ2n) is 7.10. The number of halogens is 2. The van der Waals surface area contributed by atoms with Gasteiger partial charge in [0.05, 0.1) is 17.7 Å². The lowest BCUT2D eigenvalue weighted by atomic mass is 10.2. The number of nitrogens with one attached hydrogen (secondary N) is 3. The van der Waals surface area contributed by atoms with Crippen molar-refractivity contribution >= 4 is 46.5 Å². The number of amides is 3. The molecule has 0 aromatic heterocycles. The molecule has 2 aromatic carbocycles. The van der Waals surface area contributed by atoms with Gasteiger partial charge in [-0.25, -0.2) is 4.79 Å². The van der Waals surface area contributed by atoms with Crippen molar-refractivity contribution in [3.8, 4) is 5.75 Å². The zero-order valence-electron chi connectivity index (χ0n) is 17.0. The highest BCUT2D eigenvalue weighted by Gasteiger charge is 2.16. The summed E-state index contributed by atoms with van der Waals surface area (Å²) < 4.78 is 11.0. The summed E-state index contributed by atoms with van der Waals surface area (Å²) >= 11 is 12.0. The van der Waals surface area contributed by atoms with Crippen molar-refractivity contribution in [2.75, 3.05) is 30.4 Å². The molecule has 7 nitrogen and oxygen atoms in total. The van der Waals surface area contributed by atoms with Gasteiger partial charge in [0.25, 0.3) is 0 Å². The fourth-order valence-electron chi connectivity index (χ4n) is 3.06. The molecule has 0 aliphatic carbocycles. The first-order chi connectivity index (χ1) is 15.0. The van der Waals surface area contributed by atoms with Crippen molar-refractivity contribution in [2.24, 2.45) is 0 Å². The number of anilines is 2. The van der Waals surface area contributed by atoms with Gasteiger partial charge in [-0.15, -0.1) is 0 Å². The summed E-state index contributed by atoms with van der Waals surface area (Å²) in [5.74, 6) is 0.369. The van der Waals surface area contributed by atoms with E-state index in [-0.39, 0.29) is 18.0 Å². The summed E-state index contributed by atoms with van der Waals surface area (Å²) in [7, 11) is 0. The van der Waals surface area contributed by atoms with Crippen molar-refractivity contribution in [3.63, 3.8) is 0 Å². The molecular weight excluding hydrogens is 441 g/mol. The third-order valence-electron chi connectivity index (χ3n) is 4.66. The van der Waals surface area contributed by atoms with E-state index >= 15 is 0 Å². The fourth-order valence-corrected chi connectivity index (χ4v) is 3.40. The molecule has 3 amide bonds. The summed E-state index contributed by atoms with van der Waals surface area (Å²) in [5, 5.41) is 9.16. The highest BCUT2D eigenvalue weighted by atomic mass is 35.5. The fraction of sp³-hybridized carbons (Fsp3) is 0.364. The lowest BCUT2D eigenvalue weighted by Crippen LogP contribution is -2.35. The Bertz CT molecular complexity index is 887. The Hall–Kier alpha value is -2.48. The van der Waals surface area contributed by atoms with Crippen molar-refractivity contribution in [2.45, 2.75) is 31.8 Å². The quantitative estimate of drug-likeness (QED) is 0.449. The van der Waals surface area contributed by atoms with Crippen molar-refractivity contribution in [1.29, 1.82) is 0 Å². The number of carbonyl (C=O) groups is 2. The largest absolute Gasteiger partial charge is 0.492 e. The Morgan fingerprint density at radius 2 is 1.81 bits per heavy atom. The van der Waals surface area contributed by atoms with Crippen LogP contribution in [-0.4, -0.2) is 37.8 Å². The Labute approximate surface area is 191 Å². The van der Waals surface area contributed by atoms with Crippen molar-refractivity contribution < 1.29 is 19.1 Å². The molecule has 1 aliphatic rings. The summed E-state index contributed by atoms with van der Waals surface area (Å²) in [6.07, 6.45) is 2.92. The van der Waals surface area contributed by atoms with Crippen LogP contribution in [0.2, 0.25) is 10.0 Å². The van der Waals surface area contributed by atoms with Gasteiger partial charge in [0.2, 0.25) is 5.91 Å². The van der Waals surface area contributed by atoms with Crippen LogP contribution in [0.4, 0.5) is 16.2 Å². The molecule has 9 heteroatoms. The molecule has 1 unspecified atom stereocenters. The van der Waals surface area contributed by atoms with E-state index in [2.05, 4.69) is 16.0 Å². The Morgan fingerprint density at radius 1 is 1.06 bits per heavy atom. The molecule has 0 saturated carbocycles. The van der Waals surface area contributed by atoms with Crippen LogP contribution >= 0.6 is 23.2 Å². The zero-order valence-corrected chi connectivity index (χ0v) is 18.5. The second-order valence-corrected chi connectivity index (χ2v) is 7.88. The van der Waals surface area contributed by atoms with Crippen LogP contribution < -0.4 is 20.7 Å². The van der Waals surface area contributed by atoms with Crippen LogP contribution in [0.1, 0.15) is 25.7 Å². The molecule has 1 atom stereocenters. The van der Waals surface area contributed by atoms with Crippen LogP contribution in [0.5, 0.6) is 5.75 Å². The number of benzene rings is 2. The van der Waals surface area contributed by atoms with E-state index in [4.69, 9.17) is 32.7 Å². The molecular formula is C22H25Cl2N3O4. The van der Waals surface area contributed by atoms with Gasteiger partial charge in [0, 0.05) is 30.9 Å². The average Bonchev–Trinajstić information content (AvgIpc) is 3.28. The summed E-state index contributed by atoms with van der Waals surface area (Å²) in [6, 6.07) is 11.8. The molecule has 3 rings (SSSR count). The predicted molar refractivity (Wildman–Crippen MR) is 122 cm³/mol. The highest BCUT2D eigenvalue weighted by molar-refractivity contribution is 6.42. The summed E-state index contributed by atoms with van der Waals surface area (Å²) in [6.45, 7) is 1.59. The van der Waals surface area contributed by atoms with Gasteiger partial charge < -0.3 is 25.4 Å². The van der Waals surface area contributed by atoms with Crippen LogP contribution in [-0.2, 0) is 9.53 Å². The van der Waals surface area contributed by atoms with Gasteiger partial charge >= 0.3 is 6.03 Å². The lowest BCUT2D eigenvalue weighted by Gasteiger charge is -2.12. The Balaban J connectivity index is 1.34. The van der Waals surface area contributed by atoms with Crippen molar-refractivity contribution in [1.82, 2.24) is 5.32 Å². The maximum Gasteiger partial charge on any atom is 0.319 e. The summed E-state index contributed by atoms with van der Waals surface area (Å²) in [5.41, 5.74) is 1.28. The van der Waals surface area contributed by atoms with Crippen molar-refractivity contribution in [3.05, 3.63) is 52.5 Å². The number of hydrogen-bond acceptors (Lipinski definition) is 4. The minimum absolute atomic E-state index is 0.0937. The molecule has 1 fully saturated rings. The number of hydrogen-bond donors (Lipinski definition) is 3. The maximum atomic E-state index is 12.1. The maximum absolute atomic E-state index is 12.1. The van der Waals surface area contributed by atoms with E-state index in [1.165, 1.54) is 0 Å². The van der Waals surface area contributed by atoms with E-state index in [0.717, 1.165) is 19.4 Å². The standard InChI is InChI=1S/C22H25Cl2N3O4/c23-18-5-1-6-19(21(18)24)31-13-3-7-20(28)26-15-8-10-16(11-9-15)27-22(29)25-14-17-4-2-12-30-17/h1,5-6,8-11,17H,2-4,7,12-14H2,(H,26,28)(H2,25,27,29). The van der Waals surface area contributed by atoms with Crippen LogP contribution in [0.25, 0.3) is 0 Å². The third-order valence-corrected chi connectivity index (χ3v) is 5.46. The van der Waals surface area contributed by atoms with E-state index in [1.54, 1.807) is 42.5 Å². The molecule has 2 aromatic rings. The minimum atomic E-state index is -0.285. The SMILES string of the molecule is O=C(CCCOc1cccc(Cl)c1Cl)Nc1ccc(NC(=O)NCC2CCCO2)cc1. The average molecular weight is 466 g/mol. The first-order valence-electron chi connectivity index (χ1n) is 10.1. The lowest BCUT2D eigenvalue weighted by molar-refractivity contribution is -0.116. The van der Waals surface area contributed by atoms with E-state index < -0.39 is 0 Å². The van der Waals surface area contributed by atoms with E-state index in [0.29, 0.717) is 53.2 Å². The van der Waals surface area contributed by atoms with Crippen LogP contribution in [0, 0.1) is 0 Å².